The molecule has 0 radical (unpaired) electrons. The molecule has 2 heterocycles. The predicted molar refractivity (Wildman–Crippen MR) is 99.0 cm³/mol. The molecule has 0 amide bonds. The molecule has 0 aliphatic carbocycles. The lowest BCUT2D eigenvalue weighted by atomic mass is 10.2. The van der Waals surface area contributed by atoms with Crippen LogP contribution in [0.3, 0.4) is 0 Å². The van der Waals surface area contributed by atoms with E-state index in [1.165, 1.54) is 11.8 Å². The summed E-state index contributed by atoms with van der Waals surface area (Å²) < 4.78 is 10.9. The van der Waals surface area contributed by atoms with Crippen LogP contribution in [0, 0.1) is 0 Å². The average molecular weight is 405 g/mol. The number of thioether (sulfide) groups is 1. The van der Waals surface area contributed by atoms with Gasteiger partial charge >= 0.3 is 0 Å². The lowest BCUT2D eigenvalue weighted by molar-refractivity contribution is 0.391. The molecule has 4 aromatic rings. The zero-order chi connectivity index (χ0) is 17.9. The van der Waals surface area contributed by atoms with Gasteiger partial charge in [-0.25, -0.2) is 0 Å². The van der Waals surface area contributed by atoms with Crippen LogP contribution in [0.15, 0.2) is 62.7 Å². The fourth-order valence-corrected chi connectivity index (χ4v) is 2.98. The summed E-state index contributed by atoms with van der Waals surface area (Å²) in [4.78, 5) is 4.35. The molecular formula is C17H10Cl2N4O2S. The summed E-state index contributed by atoms with van der Waals surface area (Å²) in [6.45, 7) is 0. The lowest BCUT2D eigenvalue weighted by Gasteiger charge is -1.94. The van der Waals surface area contributed by atoms with Crippen molar-refractivity contribution in [1.82, 2.24) is 20.3 Å². The standard InChI is InChI=1S/C17H10Cl2N4O2S/c18-12-5-1-10(2-6-12)15-20-14(25-23-15)9-26-17-22-21-16(24-17)11-3-7-13(19)8-4-11/h1-8H,9H2. The van der Waals surface area contributed by atoms with Gasteiger partial charge in [-0.2, -0.15) is 4.98 Å². The van der Waals surface area contributed by atoms with Gasteiger partial charge in [0, 0.05) is 21.2 Å². The summed E-state index contributed by atoms with van der Waals surface area (Å²) in [5, 5.41) is 13.7. The highest BCUT2D eigenvalue weighted by Gasteiger charge is 2.13. The van der Waals surface area contributed by atoms with Crippen LogP contribution in [-0.4, -0.2) is 20.3 Å². The molecule has 0 saturated carbocycles. The van der Waals surface area contributed by atoms with E-state index in [1.54, 1.807) is 24.3 Å². The van der Waals surface area contributed by atoms with Crippen molar-refractivity contribution in [3.05, 3.63) is 64.5 Å². The van der Waals surface area contributed by atoms with Gasteiger partial charge in [-0.1, -0.05) is 40.1 Å². The number of hydrogen-bond acceptors (Lipinski definition) is 7. The maximum Gasteiger partial charge on any atom is 0.277 e. The SMILES string of the molecule is Clc1ccc(-c2noc(CSc3nnc(-c4ccc(Cl)cc4)o3)n2)cc1. The third-order valence-corrected chi connectivity index (χ3v) is 4.69. The second-order valence-electron chi connectivity index (χ2n) is 5.19. The number of nitrogens with zero attached hydrogens (tertiary/aromatic N) is 4. The van der Waals surface area contributed by atoms with Crippen molar-refractivity contribution in [2.24, 2.45) is 0 Å². The molecule has 4 rings (SSSR count). The summed E-state index contributed by atoms with van der Waals surface area (Å²) in [5.74, 6) is 1.82. The number of aromatic nitrogens is 4. The normalized spacial score (nSPS) is 11.0. The topological polar surface area (TPSA) is 77.8 Å². The molecule has 6 nitrogen and oxygen atoms in total. The van der Waals surface area contributed by atoms with E-state index in [0.29, 0.717) is 38.6 Å². The van der Waals surface area contributed by atoms with E-state index >= 15 is 0 Å². The quantitative estimate of drug-likeness (QED) is 0.412. The van der Waals surface area contributed by atoms with Crippen molar-refractivity contribution in [2.75, 3.05) is 0 Å². The average Bonchev–Trinajstić information content (AvgIpc) is 3.31. The highest BCUT2D eigenvalue weighted by molar-refractivity contribution is 7.98. The second-order valence-corrected chi connectivity index (χ2v) is 6.99. The van der Waals surface area contributed by atoms with Gasteiger partial charge in [-0.05, 0) is 48.5 Å². The largest absolute Gasteiger partial charge is 0.411 e. The lowest BCUT2D eigenvalue weighted by Crippen LogP contribution is -1.83. The van der Waals surface area contributed by atoms with Crippen LogP contribution < -0.4 is 0 Å². The molecule has 2 aromatic carbocycles. The molecule has 0 spiro atoms. The van der Waals surface area contributed by atoms with E-state index < -0.39 is 0 Å². The first kappa shape index (κ1) is 17.1. The smallest absolute Gasteiger partial charge is 0.277 e. The molecule has 2 aromatic heterocycles. The first-order valence-electron chi connectivity index (χ1n) is 7.48. The second kappa shape index (κ2) is 7.49. The Morgan fingerprint density at radius 1 is 0.846 bits per heavy atom. The van der Waals surface area contributed by atoms with E-state index in [4.69, 9.17) is 32.1 Å². The Kier molecular flexibility index (Phi) is 4.92. The van der Waals surface area contributed by atoms with Crippen LogP contribution in [0.25, 0.3) is 22.8 Å². The van der Waals surface area contributed by atoms with Gasteiger partial charge in [0.05, 0.1) is 5.75 Å². The Labute approximate surface area is 162 Å². The van der Waals surface area contributed by atoms with Gasteiger partial charge in [-0.15, -0.1) is 10.2 Å². The summed E-state index contributed by atoms with van der Waals surface area (Å²) in [6.07, 6.45) is 0. The molecule has 0 atom stereocenters. The van der Waals surface area contributed by atoms with Gasteiger partial charge in [0.2, 0.25) is 17.6 Å². The zero-order valence-electron chi connectivity index (χ0n) is 13.1. The minimum absolute atomic E-state index is 0.418. The summed E-state index contributed by atoms with van der Waals surface area (Å²) in [6, 6.07) is 14.4. The number of halogens is 2. The number of benzene rings is 2. The first-order chi connectivity index (χ1) is 12.7. The number of hydrogen-bond donors (Lipinski definition) is 0. The Morgan fingerprint density at radius 2 is 1.50 bits per heavy atom. The molecule has 0 unspecified atom stereocenters. The minimum Gasteiger partial charge on any atom is -0.411 e. The van der Waals surface area contributed by atoms with Crippen LogP contribution >= 0.6 is 35.0 Å². The first-order valence-corrected chi connectivity index (χ1v) is 9.22. The van der Waals surface area contributed by atoms with E-state index in [9.17, 15) is 0 Å². The molecule has 0 aliphatic rings. The van der Waals surface area contributed by atoms with Crippen LogP contribution in [0.5, 0.6) is 0 Å². The third kappa shape index (κ3) is 3.90. The van der Waals surface area contributed by atoms with E-state index in [1.807, 2.05) is 24.3 Å². The van der Waals surface area contributed by atoms with Crippen molar-refractivity contribution < 1.29 is 8.94 Å². The van der Waals surface area contributed by atoms with Crippen molar-refractivity contribution in [3.8, 4) is 22.8 Å². The van der Waals surface area contributed by atoms with Gasteiger partial charge in [0.15, 0.2) is 0 Å². The molecule has 0 saturated heterocycles. The molecule has 26 heavy (non-hydrogen) atoms. The monoisotopic (exact) mass is 404 g/mol. The Morgan fingerprint density at radius 3 is 2.19 bits per heavy atom. The van der Waals surface area contributed by atoms with E-state index in [2.05, 4.69) is 20.3 Å². The predicted octanol–water partition coefficient (Wildman–Crippen LogP) is 5.39. The van der Waals surface area contributed by atoms with Gasteiger partial charge in [0.1, 0.15) is 0 Å². The molecule has 0 aliphatic heterocycles. The maximum atomic E-state index is 5.88. The van der Waals surface area contributed by atoms with Gasteiger partial charge in [0.25, 0.3) is 5.22 Å². The van der Waals surface area contributed by atoms with Gasteiger partial charge < -0.3 is 8.94 Å². The molecule has 0 bridgehead atoms. The fourth-order valence-electron chi connectivity index (χ4n) is 2.13. The third-order valence-electron chi connectivity index (χ3n) is 3.39. The van der Waals surface area contributed by atoms with E-state index in [-0.39, 0.29) is 0 Å². The zero-order valence-corrected chi connectivity index (χ0v) is 15.4. The van der Waals surface area contributed by atoms with Crippen LogP contribution in [0.4, 0.5) is 0 Å². The van der Waals surface area contributed by atoms with E-state index in [0.717, 1.165) is 11.1 Å². The summed E-state index contributed by atoms with van der Waals surface area (Å²) in [5.41, 5.74) is 1.63. The minimum atomic E-state index is 0.418. The molecule has 0 fully saturated rings. The Balaban J connectivity index is 1.42. The van der Waals surface area contributed by atoms with Crippen LogP contribution in [0.1, 0.15) is 5.89 Å². The fraction of sp³-hybridized carbons (Fsp3) is 0.0588. The molecule has 0 N–H and O–H groups in total. The summed E-state index contributed by atoms with van der Waals surface area (Å²) in [7, 11) is 0. The molecular weight excluding hydrogens is 395 g/mol. The summed E-state index contributed by atoms with van der Waals surface area (Å²) >= 11 is 13.1. The highest BCUT2D eigenvalue weighted by atomic mass is 35.5. The number of rotatable bonds is 5. The highest BCUT2D eigenvalue weighted by Crippen LogP contribution is 2.27. The Hall–Kier alpha value is -2.35. The van der Waals surface area contributed by atoms with Crippen LogP contribution in [-0.2, 0) is 5.75 Å². The van der Waals surface area contributed by atoms with Crippen molar-refractivity contribution in [1.29, 1.82) is 0 Å². The van der Waals surface area contributed by atoms with Crippen LogP contribution in [0.2, 0.25) is 10.0 Å². The van der Waals surface area contributed by atoms with Crippen molar-refractivity contribution >= 4 is 35.0 Å². The Bertz CT molecular complexity index is 932. The van der Waals surface area contributed by atoms with Crippen molar-refractivity contribution in [3.63, 3.8) is 0 Å². The molecule has 130 valence electrons. The van der Waals surface area contributed by atoms with Crippen molar-refractivity contribution in [2.45, 2.75) is 11.0 Å². The molecule has 9 heteroatoms. The maximum absolute atomic E-state index is 5.88. The van der Waals surface area contributed by atoms with Gasteiger partial charge in [-0.3, -0.25) is 0 Å².